The average molecular weight is 375 g/mol. The van der Waals surface area contributed by atoms with E-state index in [4.69, 9.17) is 9.47 Å². The lowest BCUT2D eigenvalue weighted by molar-refractivity contribution is -0.120. The Hall–Kier alpha value is -3.27. The van der Waals surface area contributed by atoms with Crippen molar-refractivity contribution >= 4 is 5.91 Å². The molecule has 3 aromatic carbocycles. The molecule has 0 radical (unpaired) electrons. The van der Waals surface area contributed by atoms with Gasteiger partial charge < -0.3 is 14.8 Å². The van der Waals surface area contributed by atoms with Gasteiger partial charge in [-0.15, -0.1) is 0 Å². The zero-order chi connectivity index (χ0) is 19.8. The minimum Gasteiger partial charge on any atom is -0.497 e. The van der Waals surface area contributed by atoms with Crippen molar-refractivity contribution in [1.29, 1.82) is 0 Å². The highest BCUT2D eigenvalue weighted by Crippen LogP contribution is 2.26. The largest absolute Gasteiger partial charge is 0.497 e. The van der Waals surface area contributed by atoms with Crippen LogP contribution >= 0.6 is 0 Å². The number of rotatable bonds is 8. The second-order valence-electron chi connectivity index (χ2n) is 6.44. The molecule has 1 unspecified atom stereocenters. The lowest BCUT2D eigenvalue weighted by Gasteiger charge is -2.21. The molecule has 0 fully saturated rings. The fourth-order valence-corrected chi connectivity index (χ4v) is 3.07. The minimum absolute atomic E-state index is 0.0269. The molecule has 0 heterocycles. The molecule has 3 aromatic rings. The number of carbonyl (C=O) groups is 1. The molecule has 0 aliphatic carbocycles. The Morgan fingerprint density at radius 3 is 1.96 bits per heavy atom. The molecule has 3 rings (SSSR count). The van der Waals surface area contributed by atoms with Crippen molar-refractivity contribution in [1.82, 2.24) is 5.32 Å². The number of carbonyl (C=O) groups excluding carboxylic acids is 1. The Morgan fingerprint density at radius 1 is 0.857 bits per heavy atom. The van der Waals surface area contributed by atoms with Crippen LogP contribution in [0, 0.1) is 0 Å². The summed E-state index contributed by atoms with van der Waals surface area (Å²) < 4.78 is 10.8. The van der Waals surface area contributed by atoms with Gasteiger partial charge >= 0.3 is 0 Å². The molecule has 0 spiro atoms. The van der Waals surface area contributed by atoms with Crippen LogP contribution in [0.5, 0.6) is 11.5 Å². The van der Waals surface area contributed by atoms with E-state index in [9.17, 15) is 4.79 Å². The summed E-state index contributed by atoms with van der Waals surface area (Å²) in [7, 11) is 1.64. The van der Waals surface area contributed by atoms with Gasteiger partial charge in [0.05, 0.1) is 26.2 Å². The summed E-state index contributed by atoms with van der Waals surface area (Å²) in [5.41, 5.74) is 2.97. The number of amides is 1. The highest BCUT2D eigenvalue weighted by molar-refractivity contribution is 5.79. The van der Waals surface area contributed by atoms with Crippen molar-refractivity contribution in [2.45, 2.75) is 19.4 Å². The van der Waals surface area contributed by atoms with Crippen LogP contribution in [0.15, 0.2) is 78.9 Å². The standard InChI is InChI=1S/C24H25NO3/c1-3-28-22-15-11-20(12-16-22)24(19-9-13-21(27-2)14-10-19)25-23(26)17-18-7-5-4-6-8-18/h4-16,24H,3,17H2,1-2H3,(H,25,26). The average Bonchev–Trinajstić information content (AvgIpc) is 2.74. The maximum Gasteiger partial charge on any atom is 0.225 e. The first-order chi connectivity index (χ1) is 13.7. The van der Waals surface area contributed by atoms with Crippen LogP contribution in [0.1, 0.15) is 29.7 Å². The zero-order valence-corrected chi connectivity index (χ0v) is 16.2. The Morgan fingerprint density at radius 2 is 1.43 bits per heavy atom. The van der Waals surface area contributed by atoms with Crippen LogP contribution in [0.4, 0.5) is 0 Å². The predicted octanol–water partition coefficient (Wildman–Crippen LogP) is 4.54. The molecular weight excluding hydrogens is 350 g/mol. The normalized spacial score (nSPS) is 11.5. The summed E-state index contributed by atoms with van der Waals surface area (Å²) >= 11 is 0. The first-order valence-electron chi connectivity index (χ1n) is 9.39. The van der Waals surface area contributed by atoms with E-state index in [-0.39, 0.29) is 11.9 Å². The topological polar surface area (TPSA) is 47.6 Å². The van der Waals surface area contributed by atoms with Gasteiger partial charge in [-0.3, -0.25) is 4.79 Å². The van der Waals surface area contributed by atoms with Gasteiger partial charge in [0.2, 0.25) is 5.91 Å². The summed E-state index contributed by atoms with van der Waals surface area (Å²) in [6.07, 6.45) is 0.338. The fraction of sp³-hybridized carbons (Fsp3) is 0.208. The Balaban J connectivity index is 1.83. The van der Waals surface area contributed by atoms with E-state index in [1.807, 2.05) is 85.8 Å². The van der Waals surface area contributed by atoms with E-state index in [1.54, 1.807) is 7.11 Å². The smallest absolute Gasteiger partial charge is 0.225 e. The molecule has 1 N–H and O–H groups in total. The van der Waals surface area contributed by atoms with E-state index >= 15 is 0 Å². The number of benzene rings is 3. The monoisotopic (exact) mass is 375 g/mol. The van der Waals surface area contributed by atoms with Crippen molar-refractivity contribution in [3.63, 3.8) is 0 Å². The van der Waals surface area contributed by atoms with Gasteiger partial charge in [0, 0.05) is 0 Å². The van der Waals surface area contributed by atoms with Gasteiger partial charge in [0.15, 0.2) is 0 Å². The van der Waals surface area contributed by atoms with Crippen LogP contribution in [0.2, 0.25) is 0 Å². The van der Waals surface area contributed by atoms with Gasteiger partial charge in [-0.2, -0.15) is 0 Å². The van der Waals surface area contributed by atoms with Crippen molar-refractivity contribution in [2.75, 3.05) is 13.7 Å². The van der Waals surface area contributed by atoms with E-state index in [1.165, 1.54) is 0 Å². The summed E-state index contributed by atoms with van der Waals surface area (Å²) in [4.78, 5) is 12.7. The lowest BCUT2D eigenvalue weighted by Crippen LogP contribution is -2.30. The first-order valence-corrected chi connectivity index (χ1v) is 9.39. The summed E-state index contributed by atoms with van der Waals surface area (Å²) in [6, 6.07) is 25.1. The summed E-state index contributed by atoms with van der Waals surface area (Å²) in [6.45, 7) is 2.58. The summed E-state index contributed by atoms with van der Waals surface area (Å²) in [5.74, 6) is 1.57. The number of hydrogen-bond donors (Lipinski definition) is 1. The molecule has 0 saturated carbocycles. The third-order valence-corrected chi connectivity index (χ3v) is 4.49. The molecule has 28 heavy (non-hydrogen) atoms. The molecule has 1 atom stereocenters. The number of ether oxygens (including phenoxy) is 2. The molecule has 1 amide bonds. The highest BCUT2D eigenvalue weighted by atomic mass is 16.5. The van der Waals surface area contributed by atoms with Crippen LogP contribution in [-0.4, -0.2) is 19.6 Å². The second-order valence-corrected chi connectivity index (χ2v) is 6.44. The van der Waals surface area contributed by atoms with Crippen LogP contribution < -0.4 is 14.8 Å². The lowest BCUT2D eigenvalue weighted by atomic mass is 9.98. The van der Waals surface area contributed by atoms with Crippen molar-refractivity contribution in [2.24, 2.45) is 0 Å². The van der Waals surface area contributed by atoms with Crippen LogP contribution in [-0.2, 0) is 11.2 Å². The SMILES string of the molecule is CCOc1ccc(C(NC(=O)Cc2ccccc2)c2ccc(OC)cc2)cc1. The molecule has 144 valence electrons. The zero-order valence-electron chi connectivity index (χ0n) is 16.2. The van der Waals surface area contributed by atoms with Crippen LogP contribution in [0.25, 0.3) is 0 Å². The van der Waals surface area contributed by atoms with E-state index in [0.29, 0.717) is 13.0 Å². The minimum atomic E-state index is -0.252. The molecule has 0 bridgehead atoms. The maximum atomic E-state index is 12.7. The van der Waals surface area contributed by atoms with Gasteiger partial charge in [-0.05, 0) is 47.9 Å². The molecular formula is C24H25NO3. The highest BCUT2D eigenvalue weighted by Gasteiger charge is 2.17. The molecule has 4 nitrogen and oxygen atoms in total. The molecule has 0 aliphatic heterocycles. The fourth-order valence-electron chi connectivity index (χ4n) is 3.07. The second kappa shape index (κ2) is 9.60. The maximum absolute atomic E-state index is 12.7. The first kappa shape index (κ1) is 19.5. The van der Waals surface area contributed by atoms with E-state index < -0.39 is 0 Å². The molecule has 0 aromatic heterocycles. The Bertz CT molecular complexity index is 874. The van der Waals surface area contributed by atoms with Crippen molar-refractivity contribution in [3.8, 4) is 11.5 Å². The third kappa shape index (κ3) is 5.13. The quantitative estimate of drug-likeness (QED) is 0.629. The molecule has 0 saturated heterocycles. The molecule has 4 heteroatoms. The number of hydrogen-bond acceptors (Lipinski definition) is 3. The van der Waals surface area contributed by atoms with Gasteiger partial charge in [0.1, 0.15) is 11.5 Å². The van der Waals surface area contributed by atoms with Gasteiger partial charge in [0.25, 0.3) is 0 Å². The van der Waals surface area contributed by atoms with Gasteiger partial charge in [-0.25, -0.2) is 0 Å². The molecule has 0 aliphatic rings. The van der Waals surface area contributed by atoms with Crippen LogP contribution in [0.3, 0.4) is 0 Å². The Kier molecular flexibility index (Phi) is 6.68. The summed E-state index contributed by atoms with van der Waals surface area (Å²) in [5, 5.41) is 3.17. The van der Waals surface area contributed by atoms with Gasteiger partial charge in [-0.1, -0.05) is 54.6 Å². The number of methoxy groups -OCH3 is 1. The third-order valence-electron chi connectivity index (χ3n) is 4.49. The van der Waals surface area contributed by atoms with Crippen molar-refractivity contribution in [3.05, 3.63) is 95.6 Å². The van der Waals surface area contributed by atoms with E-state index in [0.717, 1.165) is 28.2 Å². The number of nitrogens with one attached hydrogen (secondary N) is 1. The van der Waals surface area contributed by atoms with E-state index in [2.05, 4.69) is 5.32 Å². The predicted molar refractivity (Wildman–Crippen MR) is 111 cm³/mol. The Labute approximate surface area is 166 Å². The van der Waals surface area contributed by atoms with Crippen molar-refractivity contribution < 1.29 is 14.3 Å².